The average molecular weight is 864 g/mol. The number of benzene rings is 3. The third-order valence-corrected chi connectivity index (χ3v) is 13.2. The minimum absolute atomic E-state index is 0.0364. The summed E-state index contributed by atoms with van der Waals surface area (Å²) < 4.78 is 20.7. The second-order valence-corrected chi connectivity index (χ2v) is 16.9. The summed E-state index contributed by atoms with van der Waals surface area (Å²) in [7, 11) is 2.59. The minimum atomic E-state index is -0.708. The summed E-state index contributed by atoms with van der Waals surface area (Å²) in [6, 6.07) is 18.2. The molecule has 16 nitrogen and oxygen atoms in total. The van der Waals surface area contributed by atoms with Crippen molar-refractivity contribution in [2.75, 3.05) is 60.3 Å². The van der Waals surface area contributed by atoms with E-state index in [4.69, 9.17) is 23.9 Å². The molecule has 1 aromatic heterocycles. The number of imidazole rings is 1. The zero-order valence-electron chi connectivity index (χ0n) is 35.9. The van der Waals surface area contributed by atoms with Crippen LogP contribution in [0.25, 0.3) is 33.2 Å². The van der Waals surface area contributed by atoms with Gasteiger partial charge in [-0.1, -0.05) is 42.5 Å². The quantitative estimate of drug-likeness (QED) is 0.140. The van der Waals surface area contributed by atoms with E-state index in [1.165, 1.54) is 14.2 Å². The van der Waals surface area contributed by atoms with Crippen LogP contribution in [0.4, 0.5) is 9.59 Å². The number of aromatic nitrogens is 2. The number of likely N-dealkylation sites (tertiary alicyclic amines) is 2. The molecule has 4 aliphatic heterocycles. The van der Waals surface area contributed by atoms with Crippen LogP contribution in [0.5, 0.6) is 0 Å². The van der Waals surface area contributed by atoms with E-state index in [9.17, 15) is 24.0 Å². The van der Waals surface area contributed by atoms with Crippen molar-refractivity contribution >= 4 is 40.7 Å². The molecule has 0 aliphatic carbocycles. The van der Waals surface area contributed by atoms with Crippen molar-refractivity contribution in [2.24, 2.45) is 11.8 Å². The number of alkyl carbamates (subject to hydrolysis) is 2. The summed E-state index contributed by atoms with van der Waals surface area (Å²) in [4.78, 5) is 77.5. The number of ether oxygens (including phenoxy) is 4. The van der Waals surface area contributed by atoms with Gasteiger partial charge in [-0.05, 0) is 109 Å². The molecule has 4 atom stereocenters. The van der Waals surface area contributed by atoms with Gasteiger partial charge in [0.25, 0.3) is 5.91 Å². The number of nitrogens with zero attached hydrogens (tertiary/aromatic N) is 3. The van der Waals surface area contributed by atoms with Gasteiger partial charge in [0.15, 0.2) is 0 Å². The maximum atomic E-state index is 14.0. The molecule has 4 aliphatic rings. The lowest BCUT2D eigenvalue weighted by Crippen LogP contribution is -2.55. The van der Waals surface area contributed by atoms with Crippen LogP contribution in [-0.4, -0.2) is 128 Å². The smallest absolute Gasteiger partial charge is 0.407 e. The number of aromatic amines is 1. The van der Waals surface area contributed by atoms with Crippen molar-refractivity contribution in [2.45, 2.75) is 75.5 Å². The zero-order chi connectivity index (χ0) is 43.9. The van der Waals surface area contributed by atoms with Crippen molar-refractivity contribution in [3.8, 4) is 22.4 Å². The molecule has 4 N–H and O–H groups in total. The van der Waals surface area contributed by atoms with Crippen LogP contribution in [0.2, 0.25) is 0 Å². The van der Waals surface area contributed by atoms with Crippen LogP contribution in [-0.2, 0) is 28.5 Å². The summed E-state index contributed by atoms with van der Waals surface area (Å²) in [5.74, 6) is 0.140. The number of hydrogen-bond acceptors (Lipinski definition) is 10. The van der Waals surface area contributed by atoms with Crippen LogP contribution in [0.15, 0.2) is 66.9 Å². The lowest BCUT2D eigenvalue weighted by Gasteiger charge is -2.34. The van der Waals surface area contributed by atoms with Crippen LogP contribution in [0.3, 0.4) is 0 Å². The number of hydrogen-bond donors (Lipinski definition) is 4. The van der Waals surface area contributed by atoms with Crippen molar-refractivity contribution in [3.05, 3.63) is 78.2 Å². The molecule has 63 heavy (non-hydrogen) atoms. The Bertz CT molecular complexity index is 2270. The van der Waals surface area contributed by atoms with Gasteiger partial charge in [-0.2, -0.15) is 0 Å². The SMILES string of the molecule is COC(=O)N[C@H](C(=O)N1CCC[C@H]1CNC(=O)c1ccc2cc(-c3ccc(-c4cnc([C@@H]5CCCN5C(=O)[C@@H](NC(=O)OC)C5CCOCC5)[nH]4)cc3)ccc2c1)C1CCOCC1. The van der Waals surface area contributed by atoms with Crippen LogP contribution in [0.1, 0.15) is 73.6 Å². The van der Waals surface area contributed by atoms with Gasteiger partial charge in [-0.25, -0.2) is 14.6 Å². The first kappa shape index (κ1) is 43.6. The summed E-state index contributed by atoms with van der Waals surface area (Å²) in [5, 5.41) is 10.6. The van der Waals surface area contributed by atoms with E-state index in [2.05, 4.69) is 39.1 Å². The molecule has 3 aromatic carbocycles. The Morgan fingerprint density at radius 3 is 1.90 bits per heavy atom. The van der Waals surface area contributed by atoms with Gasteiger partial charge < -0.3 is 49.7 Å². The molecule has 4 saturated heterocycles. The number of H-pyrrole nitrogens is 1. The number of nitrogens with one attached hydrogen (secondary N) is 4. The average Bonchev–Trinajstić information content (AvgIpc) is 4.14. The Balaban J connectivity index is 0.888. The maximum Gasteiger partial charge on any atom is 0.407 e. The van der Waals surface area contributed by atoms with Crippen molar-refractivity contribution in [1.29, 1.82) is 0 Å². The predicted octanol–water partition coefficient (Wildman–Crippen LogP) is 5.58. The Labute approximate surface area is 366 Å². The number of methoxy groups -OCH3 is 2. The highest BCUT2D eigenvalue weighted by molar-refractivity contribution is 5.99. The Hall–Kier alpha value is -6.00. The van der Waals surface area contributed by atoms with Crippen molar-refractivity contribution in [1.82, 2.24) is 35.7 Å². The van der Waals surface area contributed by atoms with Crippen molar-refractivity contribution < 1.29 is 42.9 Å². The van der Waals surface area contributed by atoms with E-state index in [1.54, 1.807) is 11.1 Å². The van der Waals surface area contributed by atoms with E-state index in [0.717, 1.165) is 58.8 Å². The highest BCUT2D eigenvalue weighted by Gasteiger charge is 2.41. The van der Waals surface area contributed by atoms with Gasteiger partial charge in [0.2, 0.25) is 11.8 Å². The van der Waals surface area contributed by atoms with E-state index in [1.807, 2.05) is 47.4 Å². The normalized spacial score (nSPS) is 20.5. The number of carbonyl (C=O) groups is 5. The number of amides is 5. The molecule has 0 saturated carbocycles. The number of carbonyl (C=O) groups excluding carboxylic acids is 5. The van der Waals surface area contributed by atoms with Gasteiger partial charge in [0.05, 0.1) is 32.2 Å². The molecular weight excluding hydrogens is 807 g/mol. The van der Waals surface area contributed by atoms with Gasteiger partial charge >= 0.3 is 12.2 Å². The fraction of sp³-hybridized carbons (Fsp3) is 0.489. The first-order valence-electron chi connectivity index (χ1n) is 22.1. The van der Waals surface area contributed by atoms with Gasteiger partial charge in [-0.3, -0.25) is 14.4 Å². The highest BCUT2D eigenvalue weighted by Crippen LogP contribution is 2.35. The van der Waals surface area contributed by atoms with Crippen LogP contribution >= 0.6 is 0 Å². The second kappa shape index (κ2) is 20.0. The summed E-state index contributed by atoms with van der Waals surface area (Å²) in [6.07, 6.45) is 6.43. The predicted molar refractivity (Wildman–Crippen MR) is 233 cm³/mol. The molecule has 8 rings (SSSR count). The fourth-order valence-electron chi connectivity index (χ4n) is 9.62. The van der Waals surface area contributed by atoms with E-state index in [-0.39, 0.29) is 41.6 Å². The van der Waals surface area contributed by atoms with Crippen molar-refractivity contribution in [3.63, 3.8) is 0 Å². The molecule has 5 heterocycles. The fourth-order valence-corrected chi connectivity index (χ4v) is 9.62. The second-order valence-electron chi connectivity index (χ2n) is 16.9. The molecule has 0 bridgehead atoms. The Morgan fingerprint density at radius 1 is 0.698 bits per heavy atom. The third kappa shape index (κ3) is 9.97. The standard InChI is InChI=1S/C47H57N7O9/c1-60-46(58)51-40(31-15-21-62-22-16-31)44(56)53-19-3-5-37(53)27-49-43(55)36-14-13-34-25-33(11-12-35(34)26-36)29-7-9-30(10-8-29)38-28-48-42(50-38)39-6-4-20-54(39)45(57)41(52-47(59)61-2)32-17-23-63-24-18-32/h7-14,25-26,28,31-32,37,39-41H,3-6,15-24,27H2,1-2H3,(H,48,50)(H,49,55)(H,51,58)(H,52,59)/t37-,39-,40-,41-/m0/s1. The molecule has 16 heteroatoms. The molecule has 4 aromatic rings. The van der Waals surface area contributed by atoms with Gasteiger partial charge in [0.1, 0.15) is 17.9 Å². The maximum absolute atomic E-state index is 14.0. The van der Waals surface area contributed by atoms with Gasteiger partial charge in [0, 0.05) is 57.7 Å². The summed E-state index contributed by atoms with van der Waals surface area (Å²) in [6.45, 7) is 3.63. The monoisotopic (exact) mass is 863 g/mol. The number of fused-ring (bicyclic) bond motifs is 1. The molecule has 0 radical (unpaired) electrons. The summed E-state index contributed by atoms with van der Waals surface area (Å²) >= 11 is 0. The lowest BCUT2D eigenvalue weighted by molar-refractivity contribution is -0.137. The highest BCUT2D eigenvalue weighted by atomic mass is 16.5. The Kier molecular flexibility index (Phi) is 13.9. The van der Waals surface area contributed by atoms with Crippen LogP contribution in [0, 0.1) is 11.8 Å². The third-order valence-electron chi connectivity index (χ3n) is 13.2. The molecular formula is C47H57N7O9. The van der Waals surface area contributed by atoms with Crippen LogP contribution < -0.4 is 16.0 Å². The topological polar surface area (TPSA) is 194 Å². The first-order chi connectivity index (χ1) is 30.7. The summed E-state index contributed by atoms with van der Waals surface area (Å²) in [5.41, 5.74) is 4.39. The molecule has 334 valence electrons. The number of rotatable bonds is 12. The van der Waals surface area contributed by atoms with Gasteiger partial charge in [-0.15, -0.1) is 0 Å². The molecule has 4 fully saturated rings. The molecule has 5 amide bonds. The first-order valence-corrected chi connectivity index (χ1v) is 22.1. The molecule has 0 spiro atoms. The largest absolute Gasteiger partial charge is 0.453 e. The Morgan fingerprint density at radius 2 is 1.25 bits per heavy atom. The van der Waals surface area contributed by atoms with E-state index in [0.29, 0.717) is 83.1 Å². The molecule has 0 unspecified atom stereocenters. The van der Waals surface area contributed by atoms with E-state index < -0.39 is 24.3 Å². The van der Waals surface area contributed by atoms with E-state index >= 15 is 0 Å². The zero-order valence-corrected chi connectivity index (χ0v) is 35.9. The minimum Gasteiger partial charge on any atom is -0.453 e. The lowest BCUT2D eigenvalue weighted by atomic mass is 9.90.